The van der Waals surface area contributed by atoms with E-state index in [9.17, 15) is 4.79 Å². The minimum atomic E-state index is -0.398. The second-order valence-electron chi connectivity index (χ2n) is 14.2. The van der Waals surface area contributed by atoms with Crippen LogP contribution >= 0.6 is 23.2 Å². The van der Waals surface area contributed by atoms with Gasteiger partial charge < -0.3 is 14.5 Å². The molecular formula is C37H46Cl2N8O2. The molecule has 1 amide bonds. The molecule has 10 nitrogen and oxygen atoms in total. The number of rotatable bonds is 8. The third-order valence-corrected chi connectivity index (χ3v) is 10.3. The lowest BCUT2D eigenvalue weighted by atomic mass is 9.95. The molecule has 6 unspecified atom stereocenters. The normalized spacial score (nSPS) is 26.2. The highest BCUT2D eigenvalue weighted by molar-refractivity contribution is 6.31. The van der Waals surface area contributed by atoms with Gasteiger partial charge in [-0.3, -0.25) is 19.8 Å². The number of amidine groups is 2. The molecule has 0 saturated carbocycles. The minimum Gasteiger partial charge on any atom is -0.478 e. The molecule has 0 radical (unpaired) electrons. The topological polar surface area (TPSA) is 89.8 Å². The van der Waals surface area contributed by atoms with Crippen molar-refractivity contribution in [3.05, 3.63) is 87.3 Å². The number of halogens is 2. The first-order chi connectivity index (χ1) is 23.3. The molecule has 49 heavy (non-hydrogen) atoms. The van der Waals surface area contributed by atoms with Crippen molar-refractivity contribution in [3.8, 4) is 5.88 Å². The van der Waals surface area contributed by atoms with Gasteiger partial charge in [0.1, 0.15) is 23.7 Å². The van der Waals surface area contributed by atoms with Crippen LogP contribution in [0.1, 0.15) is 83.9 Å². The third-order valence-electron chi connectivity index (χ3n) is 9.84. The number of hydrazine groups is 1. The SMILES string of the molecule is CCOc1nc(C(C)(C)C)ncc1C1CN(N2C(c3ccc(Cl)cc3)=NC(C)C2C)C(N2C(c3ccc(Cl)cc3)=NC(C)C2C)CN1C=O. The average Bonchev–Trinajstić information content (AvgIpc) is 3.54. The summed E-state index contributed by atoms with van der Waals surface area (Å²) in [6.07, 6.45) is 2.49. The molecule has 3 aliphatic rings. The number of ether oxygens (including phenoxy) is 1. The maximum atomic E-state index is 13.1. The largest absolute Gasteiger partial charge is 0.478 e. The van der Waals surface area contributed by atoms with Crippen molar-refractivity contribution in [1.82, 2.24) is 29.8 Å². The van der Waals surface area contributed by atoms with E-state index < -0.39 is 6.04 Å². The lowest BCUT2D eigenvalue weighted by molar-refractivity contribution is -0.146. The van der Waals surface area contributed by atoms with E-state index in [0.717, 1.165) is 34.8 Å². The van der Waals surface area contributed by atoms with E-state index in [1.165, 1.54) is 0 Å². The first-order valence-electron chi connectivity index (χ1n) is 17.0. The quantitative estimate of drug-likeness (QED) is 0.244. The first kappa shape index (κ1) is 35.1. The predicted octanol–water partition coefficient (Wildman–Crippen LogP) is 6.61. The van der Waals surface area contributed by atoms with Crippen LogP contribution in [0.3, 0.4) is 0 Å². The Kier molecular flexibility index (Phi) is 9.95. The van der Waals surface area contributed by atoms with Crippen LogP contribution in [-0.4, -0.2) is 97.9 Å². The van der Waals surface area contributed by atoms with Crippen molar-refractivity contribution in [1.29, 1.82) is 0 Å². The standard InChI is InChI=1S/C37H46Cl2N8O2/c1-9-49-35-30(18-40-36(43-35)37(6,7)8)31-19-45(47-25(5)23(3)42-34(47)27-12-16-29(39)17-13-27)32(20-44(31)21-48)46-24(4)22(2)41-33(46)26-10-14-28(38)15-11-26/h10-18,21-25,31-32H,9,19-20H2,1-8H3. The van der Waals surface area contributed by atoms with E-state index in [1.54, 1.807) is 0 Å². The number of hydrogen-bond acceptors (Lipinski definition) is 9. The highest BCUT2D eigenvalue weighted by atomic mass is 35.5. The molecule has 260 valence electrons. The molecule has 1 fully saturated rings. The van der Waals surface area contributed by atoms with Crippen molar-refractivity contribution in [2.75, 3.05) is 19.7 Å². The molecule has 12 heteroatoms. The zero-order chi connectivity index (χ0) is 35.2. The van der Waals surface area contributed by atoms with E-state index in [2.05, 4.69) is 63.4 Å². The minimum absolute atomic E-state index is 0.0154. The summed E-state index contributed by atoms with van der Waals surface area (Å²) in [5, 5.41) is 6.02. The average molecular weight is 706 g/mol. The number of carbonyl (C=O) groups excluding carboxylic acids is 1. The Hall–Kier alpha value is -3.73. The smallest absolute Gasteiger partial charge is 0.222 e. The van der Waals surface area contributed by atoms with Crippen LogP contribution in [0.5, 0.6) is 5.88 Å². The second-order valence-corrected chi connectivity index (χ2v) is 15.1. The predicted molar refractivity (Wildman–Crippen MR) is 195 cm³/mol. The maximum Gasteiger partial charge on any atom is 0.222 e. The van der Waals surface area contributed by atoms with Gasteiger partial charge in [0.15, 0.2) is 0 Å². The Morgan fingerprint density at radius 1 is 0.857 bits per heavy atom. The van der Waals surface area contributed by atoms with Gasteiger partial charge in [-0.25, -0.2) is 4.98 Å². The van der Waals surface area contributed by atoms with Crippen LogP contribution in [0.2, 0.25) is 10.0 Å². The second kappa shape index (κ2) is 13.9. The lowest BCUT2D eigenvalue weighted by Gasteiger charge is -2.54. The monoisotopic (exact) mass is 704 g/mol. The fourth-order valence-electron chi connectivity index (χ4n) is 6.83. The molecule has 1 aromatic heterocycles. The number of hydrogen-bond donors (Lipinski definition) is 0. The van der Waals surface area contributed by atoms with E-state index in [4.69, 9.17) is 47.9 Å². The number of benzene rings is 2. The van der Waals surface area contributed by atoms with Gasteiger partial charge in [-0.15, -0.1) is 0 Å². The van der Waals surface area contributed by atoms with Gasteiger partial charge in [-0.1, -0.05) is 44.0 Å². The van der Waals surface area contributed by atoms with Gasteiger partial charge >= 0.3 is 0 Å². The van der Waals surface area contributed by atoms with Gasteiger partial charge in [-0.2, -0.15) is 9.99 Å². The summed E-state index contributed by atoms with van der Waals surface area (Å²) in [4.78, 5) is 37.4. The number of nitrogens with zero attached hydrogens (tertiary/aromatic N) is 8. The fourth-order valence-corrected chi connectivity index (χ4v) is 7.09. The molecule has 3 aromatic rings. The number of amides is 1. The Morgan fingerprint density at radius 3 is 2.00 bits per heavy atom. The third kappa shape index (κ3) is 6.75. The maximum absolute atomic E-state index is 13.1. The van der Waals surface area contributed by atoms with Crippen molar-refractivity contribution in [2.24, 2.45) is 9.98 Å². The molecule has 4 heterocycles. The molecule has 0 N–H and O–H groups in total. The highest BCUT2D eigenvalue weighted by Crippen LogP contribution is 2.39. The zero-order valence-electron chi connectivity index (χ0n) is 29.5. The Morgan fingerprint density at radius 2 is 1.43 bits per heavy atom. The summed E-state index contributed by atoms with van der Waals surface area (Å²) in [6.45, 7) is 18.1. The van der Waals surface area contributed by atoms with Crippen LogP contribution in [0.25, 0.3) is 0 Å². The van der Waals surface area contributed by atoms with E-state index in [-0.39, 0.29) is 35.7 Å². The Balaban J connectivity index is 1.49. The van der Waals surface area contributed by atoms with Gasteiger partial charge in [0.25, 0.3) is 0 Å². The van der Waals surface area contributed by atoms with Crippen LogP contribution in [0.15, 0.2) is 64.7 Å². The highest BCUT2D eigenvalue weighted by Gasteiger charge is 2.49. The summed E-state index contributed by atoms with van der Waals surface area (Å²) in [5.41, 5.74) is 2.43. The zero-order valence-corrected chi connectivity index (χ0v) is 31.0. The van der Waals surface area contributed by atoms with Gasteiger partial charge in [0.2, 0.25) is 12.3 Å². The molecule has 0 spiro atoms. The number of aliphatic imine (C=N–C) groups is 2. The molecular weight excluding hydrogens is 659 g/mol. The van der Waals surface area contributed by atoms with E-state index in [1.807, 2.05) is 66.6 Å². The molecule has 3 aliphatic heterocycles. The van der Waals surface area contributed by atoms with E-state index in [0.29, 0.717) is 41.4 Å². The first-order valence-corrected chi connectivity index (χ1v) is 17.8. The summed E-state index contributed by atoms with van der Waals surface area (Å²) in [7, 11) is 0. The van der Waals surface area contributed by atoms with Crippen molar-refractivity contribution in [3.63, 3.8) is 0 Å². The summed E-state index contributed by atoms with van der Waals surface area (Å²) >= 11 is 12.6. The van der Waals surface area contributed by atoms with Crippen LogP contribution in [0.4, 0.5) is 0 Å². The van der Waals surface area contributed by atoms with Gasteiger partial charge in [0.05, 0.1) is 48.9 Å². The molecule has 6 atom stereocenters. The van der Waals surface area contributed by atoms with Crippen LogP contribution < -0.4 is 4.74 Å². The molecule has 6 rings (SSSR count). The summed E-state index contributed by atoms with van der Waals surface area (Å²) in [6, 6.07) is 15.3. The molecule has 0 aliphatic carbocycles. The molecule has 0 bridgehead atoms. The van der Waals surface area contributed by atoms with Gasteiger partial charge in [0, 0.05) is 39.3 Å². The lowest BCUT2D eigenvalue weighted by Crippen LogP contribution is -2.69. The number of carbonyl (C=O) groups is 1. The van der Waals surface area contributed by atoms with Gasteiger partial charge in [-0.05, 0) is 83.1 Å². The summed E-state index contributed by atoms with van der Waals surface area (Å²) < 4.78 is 6.16. The fraction of sp³-hybridized carbons (Fsp3) is 0.486. The number of aromatic nitrogens is 2. The van der Waals surface area contributed by atoms with Crippen molar-refractivity contribution in [2.45, 2.75) is 97.2 Å². The van der Waals surface area contributed by atoms with Crippen LogP contribution in [0, 0.1) is 0 Å². The Labute approximate surface area is 299 Å². The van der Waals surface area contributed by atoms with E-state index >= 15 is 0 Å². The van der Waals surface area contributed by atoms with Crippen molar-refractivity contribution >= 4 is 41.3 Å². The number of piperazine rings is 1. The molecule has 2 aromatic carbocycles. The summed E-state index contributed by atoms with van der Waals surface area (Å²) in [5.74, 6) is 2.91. The molecule has 1 saturated heterocycles. The van der Waals surface area contributed by atoms with Crippen molar-refractivity contribution < 1.29 is 9.53 Å². The Bertz CT molecular complexity index is 1730. The van der Waals surface area contributed by atoms with Crippen LogP contribution in [-0.2, 0) is 10.2 Å².